The molecule has 1 atom stereocenters. The molecule has 2 aromatic carbocycles. The molecule has 0 aliphatic heterocycles. The second-order valence-corrected chi connectivity index (χ2v) is 6.13. The first kappa shape index (κ1) is 13.9. The van der Waals surface area contributed by atoms with Crippen molar-refractivity contribution in [1.82, 2.24) is 4.98 Å². The molecular formula is C16H18N4S. The Kier molecular flexibility index (Phi) is 3.77. The van der Waals surface area contributed by atoms with Crippen LogP contribution in [0.5, 0.6) is 0 Å². The molecule has 0 saturated carbocycles. The van der Waals surface area contributed by atoms with Crippen LogP contribution in [0.2, 0.25) is 0 Å². The minimum Gasteiger partial charge on any atom is -0.378 e. The highest BCUT2D eigenvalue weighted by Gasteiger charge is 2.09. The molecule has 0 radical (unpaired) electrons. The van der Waals surface area contributed by atoms with Crippen molar-refractivity contribution >= 4 is 32.4 Å². The largest absolute Gasteiger partial charge is 0.378 e. The summed E-state index contributed by atoms with van der Waals surface area (Å²) in [5, 5.41) is 4.12. The Balaban J connectivity index is 1.77. The fourth-order valence-electron chi connectivity index (χ4n) is 2.13. The van der Waals surface area contributed by atoms with Crippen molar-refractivity contribution in [3.63, 3.8) is 0 Å². The minimum atomic E-state index is -0.262. The van der Waals surface area contributed by atoms with Gasteiger partial charge in [0.2, 0.25) is 0 Å². The molecule has 0 saturated heterocycles. The molecule has 0 fully saturated rings. The van der Waals surface area contributed by atoms with E-state index in [1.165, 1.54) is 0 Å². The Hall–Kier alpha value is -2.11. The Bertz CT molecular complexity index is 700. The minimum absolute atomic E-state index is 0.262. The van der Waals surface area contributed by atoms with Gasteiger partial charge in [0.05, 0.1) is 10.2 Å². The molecule has 21 heavy (non-hydrogen) atoms. The SMILES string of the molecule is CN(C)c1ccc(C(N)Nc2nc3ccccc3s2)cc1. The first-order valence-corrected chi connectivity index (χ1v) is 7.60. The average Bonchev–Trinajstić information content (AvgIpc) is 2.89. The van der Waals surface area contributed by atoms with Gasteiger partial charge in [-0.2, -0.15) is 0 Å². The van der Waals surface area contributed by atoms with E-state index in [2.05, 4.69) is 33.4 Å². The van der Waals surface area contributed by atoms with Gasteiger partial charge >= 0.3 is 0 Å². The summed E-state index contributed by atoms with van der Waals surface area (Å²) < 4.78 is 1.16. The molecule has 3 rings (SSSR count). The summed E-state index contributed by atoms with van der Waals surface area (Å²) in [7, 11) is 4.04. The number of anilines is 2. The van der Waals surface area contributed by atoms with Crippen molar-refractivity contribution < 1.29 is 0 Å². The molecule has 0 spiro atoms. The van der Waals surface area contributed by atoms with Crippen LogP contribution in [-0.2, 0) is 0 Å². The highest BCUT2D eigenvalue weighted by Crippen LogP contribution is 2.27. The maximum absolute atomic E-state index is 6.22. The van der Waals surface area contributed by atoms with Crippen LogP contribution in [0.15, 0.2) is 48.5 Å². The number of thiazole rings is 1. The maximum atomic E-state index is 6.22. The van der Waals surface area contributed by atoms with E-state index in [4.69, 9.17) is 5.73 Å². The van der Waals surface area contributed by atoms with E-state index in [0.717, 1.165) is 26.6 Å². The normalized spacial score (nSPS) is 12.3. The van der Waals surface area contributed by atoms with E-state index in [1.54, 1.807) is 11.3 Å². The first-order chi connectivity index (χ1) is 10.1. The predicted molar refractivity (Wildman–Crippen MR) is 90.9 cm³/mol. The third kappa shape index (κ3) is 2.99. The molecular weight excluding hydrogens is 280 g/mol. The first-order valence-electron chi connectivity index (χ1n) is 6.78. The summed E-state index contributed by atoms with van der Waals surface area (Å²) in [5.74, 6) is 0. The number of nitrogens with zero attached hydrogens (tertiary/aromatic N) is 2. The van der Waals surface area contributed by atoms with Gasteiger partial charge in [0.15, 0.2) is 5.13 Å². The monoisotopic (exact) mass is 298 g/mol. The topological polar surface area (TPSA) is 54.2 Å². The van der Waals surface area contributed by atoms with Crippen molar-refractivity contribution in [3.8, 4) is 0 Å². The molecule has 4 nitrogen and oxygen atoms in total. The summed E-state index contributed by atoms with van der Waals surface area (Å²) in [6.07, 6.45) is -0.262. The lowest BCUT2D eigenvalue weighted by atomic mass is 10.1. The van der Waals surface area contributed by atoms with Crippen LogP contribution in [0.4, 0.5) is 10.8 Å². The van der Waals surface area contributed by atoms with Gasteiger partial charge in [-0.25, -0.2) is 4.98 Å². The van der Waals surface area contributed by atoms with Crippen molar-refractivity contribution in [1.29, 1.82) is 0 Å². The molecule has 1 heterocycles. The van der Waals surface area contributed by atoms with Crippen LogP contribution in [-0.4, -0.2) is 19.1 Å². The fourth-order valence-corrected chi connectivity index (χ4v) is 3.03. The molecule has 1 unspecified atom stereocenters. The molecule has 0 amide bonds. The van der Waals surface area contributed by atoms with Gasteiger partial charge in [-0.1, -0.05) is 35.6 Å². The third-order valence-electron chi connectivity index (χ3n) is 3.34. The second kappa shape index (κ2) is 5.71. The van der Waals surface area contributed by atoms with Crippen molar-refractivity contribution in [3.05, 3.63) is 54.1 Å². The lowest BCUT2D eigenvalue weighted by Crippen LogP contribution is -2.20. The number of nitrogens with two attached hydrogens (primary N) is 1. The molecule has 0 aliphatic rings. The highest BCUT2D eigenvalue weighted by atomic mass is 32.1. The molecule has 5 heteroatoms. The Morgan fingerprint density at radius 2 is 1.81 bits per heavy atom. The summed E-state index contributed by atoms with van der Waals surface area (Å²) in [6, 6.07) is 16.3. The number of rotatable bonds is 4. The maximum Gasteiger partial charge on any atom is 0.185 e. The van der Waals surface area contributed by atoms with Crippen molar-refractivity contribution in [2.75, 3.05) is 24.3 Å². The third-order valence-corrected chi connectivity index (χ3v) is 4.31. The molecule has 3 aromatic rings. The Labute approximate surface area is 128 Å². The van der Waals surface area contributed by atoms with Crippen molar-refractivity contribution in [2.45, 2.75) is 6.17 Å². The van der Waals surface area contributed by atoms with Gasteiger partial charge in [-0.3, -0.25) is 0 Å². The summed E-state index contributed by atoms with van der Waals surface area (Å²) in [4.78, 5) is 6.61. The molecule has 0 bridgehead atoms. The Morgan fingerprint density at radius 1 is 1.10 bits per heavy atom. The van der Waals surface area contributed by atoms with E-state index in [9.17, 15) is 0 Å². The molecule has 0 aliphatic carbocycles. The smallest absolute Gasteiger partial charge is 0.185 e. The predicted octanol–water partition coefficient (Wildman–Crippen LogP) is 3.43. The van der Waals surface area contributed by atoms with Gasteiger partial charge in [0, 0.05) is 19.8 Å². The number of hydrogen-bond donors (Lipinski definition) is 2. The van der Waals surface area contributed by atoms with Crippen LogP contribution in [0.3, 0.4) is 0 Å². The summed E-state index contributed by atoms with van der Waals surface area (Å²) in [6.45, 7) is 0. The number of aromatic nitrogens is 1. The Morgan fingerprint density at radius 3 is 2.48 bits per heavy atom. The quantitative estimate of drug-likeness (QED) is 0.725. The highest BCUT2D eigenvalue weighted by molar-refractivity contribution is 7.22. The lowest BCUT2D eigenvalue weighted by Gasteiger charge is -2.16. The summed E-state index contributed by atoms with van der Waals surface area (Å²) >= 11 is 1.62. The standard InChI is InChI=1S/C16H18N4S/c1-20(2)12-9-7-11(8-10-12)15(17)19-16-18-13-5-3-4-6-14(13)21-16/h3-10,15H,17H2,1-2H3,(H,18,19). The lowest BCUT2D eigenvalue weighted by molar-refractivity contribution is 0.834. The van der Waals surface area contributed by atoms with E-state index in [0.29, 0.717) is 0 Å². The number of benzene rings is 2. The van der Waals surface area contributed by atoms with Crippen LogP contribution >= 0.6 is 11.3 Å². The molecule has 3 N–H and O–H groups in total. The van der Waals surface area contributed by atoms with Crippen LogP contribution < -0.4 is 16.0 Å². The van der Waals surface area contributed by atoms with Crippen molar-refractivity contribution in [2.24, 2.45) is 5.73 Å². The van der Waals surface area contributed by atoms with Gasteiger partial charge in [0.25, 0.3) is 0 Å². The number of para-hydroxylation sites is 1. The van der Waals surface area contributed by atoms with Crippen LogP contribution in [0, 0.1) is 0 Å². The second-order valence-electron chi connectivity index (χ2n) is 5.09. The summed E-state index contributed by atoms with van der Waals surface area (Å²) in [5.41, 5.74) is 9.42. The molecule has 1 aromatic heterocycles. The van der Waals surface area contributed by atoms with Gasteiger partial charge in [-0.15, -0.1) is 0 Å². The van der Waals surface area contributed by atoms with Gasteiger partial charge in [-0.05, 0) is 29.8 Å². The van der Waals surface area contributed by atoms with Crippen LogP contribution in [0.25, 0.3) is 10.2 Å². The average molecular weight is 298 g/mol. The number of nitrogens with one attached hydrogen (secondary N) is 1. The van der Waals surface area contributed by atoms with E-state index in [1.807, 2.05) is 44.4 Å². The zero-order valence-electron chi connectivity index (χ0n) is 12.1. The number of fused-ring (bicyclic) bond motifs is 1. The van der Waals surface area contributed by atoms with Crippen LogP contribution in [0.1, 0.15) is 11.7 Å². The zero-order valence-corrected chi connectivity index (χ0v) is 12.9. The molecule has 108 valence electrons. The van der Waals surface area contributed by atoms with E-state index >= 15 is 0 Å². The van der Waals surface area contributed by atoms with E-state index < -0.39 is 0 Å². The van der Waals surface area contributed by atoms with Gasteiger partial charge in [0.1, 0.15) is 6.17 Å². The number of hydrogen-bond acceptors (Lipinski definition) is 5. The van der Waals surface area contributed by atoms with Gasteiger partial charge < -0.3 is 16.0 Å². The van der Waals surface area contributed by atoms with E-state index in [-0.39, 0.29) is 6.17 Å². The zero-order chi connectivity index (χ0) is 14.8. The fraction of sp³-hybridized carbons (Fsp3) is 0.188.